The fourth-order valence-corrected chi connectivity index (χ4v) is 5.61. The van der Waals surface area contributed by atoms with E-state index >= 15 is 0 Å². The van der Waals surface area contributed by atoms with Gasteiger partial charge in [-0.1, -0.05) is 24.3 Å². The van der Waals surface area contributed by atoms with E-state index in [0.29, 0.717) is 56.7 Å². The zero-order valence-electron chi connectivity index (χ0n) is 20.4. The Labute approximate surface area is 212 Å². The van der Waals surface area contributed by atoms with Crippen LogP contribution in [0.2, 0.25) is 0 Å². The quantitative estimate of drug-likeness (QED) is 0.374. The molecular formula is C27H27F4N5O. The standard InChI is InChI=1S/C27H27F4N5O/c1-34(16-18-10-22(28)32-23(29)11-18)26(37)27(14-20-4-2-3-5-21(20)15-27)36-8-6-35(7-9-36)17-19-12-24(30)33-25(31)13-19/h2-5,10-13H,6-9,14-17H2,1H3. The number of aromatic nitrogens is 2. The SMILES string of the molecule is CN(Cc1cc(F)nc(F)c1)C(=O)C1(N2CCN(Cc3cc(F)nc(F)c3)CC2)Cc2ccccc2C1. The second kappa shape index (κ2) is 10.2. The highest BCUT2D eigenvalue weighted by Crippen LogP contribution is 2.37. The molecule has 1 saturated heterocycles. The van der Waals surface area contributed by atoms with Crippen LogP contribution >= 0.6 is 0 Å². The predicted molar refractivity (Wildman–Crippen MR) is 128 cm³/mol. The maximum absolute atomic E-state index is 14.0. The van der Waals surface area contributed by atoms with E-state index in [1.54, 1.807) is 7.05 Å². The zero-order valence-corrected chi connectivity index (χ0v) is 20.4. The monoisotopic (exact) mass is 513 g/mol. The van der Waals surface area contributed by atoms with Crippen LogP contribution in [0.1, 0.15) is 22.3 Å². The van der Waals surface area contributed by atoms with Crippen molar-refractivity contribution in [1.29, 1.82) is 0 Å². The minimum atomic E-state index is -0.927. The number of halogens is 4. The summed E-state index contributed by atoms with van der Waals surface area (Å²) in [4.78, 5) is 26.1. The van der Waals surface area contributed by atoms with Gasteiger partial charge in [-0.3, -0.25) is 14.6 Å². The largest absolute Gasteiger partial charge is 0.340 e. The number of benzene rings is 1. The van der Waals surface area contributed by atoms with Gasteiger partial charge in [-0.15, -0.1) is 0 Å². The number of carbonyl (C=O) groups excluding carboxylic acids is 1. The van der Waals surface area contributed by atoms with Crippen LogP contribution in [0.25, 0.3) is 0 Å². The van der Waals surface area contributed by atoms with Crippen molar-refractivity contribution in [2.75, 3.05) is 33.2 Å². The second-order valence-electron chi connectivity index (χ2n) is 9.82. The van der Waals surface area contributed by atoms with Crippen LogP contribution in [0.3, 0.4) is 0 Å². The first-order chi connectivity index (χ1) is 17.7. The van der Waals surface area contributed by atoms with Crippen molar-refractivity contribution in [1.82, 2.24) is 24.7 Å². The molecule has 3 aromatic rings. The van der Waals surface area contributed by atoms with E-state index in [0.717, 1.165) is 23.3 Å². The van der Waals surface area contributed by atoms with Crippen molar-refractivity contribution in [3.63, 3.8) is 0 Å². The molecule has 194 valence electrons. The molecule has 5 rings (SSSR count). The minimum absolute atomic E-state index is 0.0480. The third-order valence-electron chi connectivity index (χ3n) is 7.28. The van der Waals surface area contributed by atoms with Crippen molar-refractivity contribution in [2.45, 2.75) is 31.5 Å². The van der Waals surface area contributed by atoms with Crippen molar-refractivity contribution in [2.24, 2.45) is 0 Å². The summed E-state index contributed by atoms with van der Waals surface area (Å²) in [6, 6.07) is 12.7. The number of piperazine rings is 1. The summed E-state index contributed by atoms with van der Waals surface area (Å²) in [6.45, 7) is 2.82. The molecule has 0 atom stereocenters. The van der Waals surface area contributed by atoms with Gasteiger partial charge in [0.25, 0.3) is 0 Å². The second-order valence-corrected chi connectivity index (χ2v) is 9.82. The predicted octanol–water partition coefficient (Wildman–Crippen LogP) is 3.35. The first-order valence-electron chi connectivity index (χ1n) is 12.2. The number of nitrogens with zero attached hydrogens (tertiary/aromatic N) is 5. The summed E-state index contributed by atoms with van der Waals surface area (Å²) in [5, 5.41) is 0. The highest BCUT2D eigenvalue weighted by atomic mass is 19.1. The van der Waals surface area contributed by atoms with E-state index in [4.69, 9.17) is 0 Å². The van der Waals surface area contributed by atoms with Gasteiger partial charge in [-0.25, -0.2) is 0 Å². The van der Waals surface area contributed by atoms with Crippen LogP contribution in [-0.2, 0) is 30.7 Å². The lowest BCUT2D eigenvalue weighted by atomic mass is 9.90. The summed E-state index contributed by atoms with van der Waals surface area (Å²) in [6.07, 6.45) is 1.07. The van der Waals surface area contributed by atoms with Gasteiger partial charge in [0.2, 0.25) is 29.7 Å². The molecule has 1 fully saturated rings. The third kappa shape index (κ3) is 5.35. The molecule has 6 nitrogen and oxygen atoms in total. The van der Waals surface area contributed by atoms with E-state index in [2.05, 4.69) is 19.8 Å². The molecule has 37 heavy (non-hydrogen) atoms. The Kier molecular flexibility index (Phi) is 6.96. The fourth-order valence-electron chi connectivity index (χ4n) is 5.61. The molecule has 1 amide bonds. The van der Waals surface area contributed by atoms with E-state index in [1.165, 1.54) is 17.0 Å². The number of likely N-dealkylation sites (N-methyl/N-ethyl adjacent to an activating group) is 1. The topological polar surface area (TPSA) is 52.6 Å². The lowest BCUT2D eigenvalue weighted by Crippen LogP contribution is -2.64. The van der Waals surface area contributed by atoms with E-state index < -0.39 is 29.3 Å². The lowest BCUT2D eigenvalue weighted by molar-refractivity contribution is -0.145. The van der Waals surface area contributed by atoms with Gasteiger partial charge in [0.15, 0.2) is 0 Å². The van der Waals surface area contributed by atoms with E-state index in [9.17, 15) is 22.4 Å². The molecular weight excluding hydrogens is 486 g/mol. The summed E-state index contributed by atoms with van der Waals surface area (Å²) < 4.78 is 54.4. The van der Waals surface area contributed by atoms with Crippen molar-refractivity contribution in [3.8, 4) is 0 Å². The minimum Gasteiger partial charge on any atom is -0.340 e. The molecule has 0 saturated carbocycles. The van der Waals surface area contributed by atoms with Gasteiger partial charge < -0.3 is 4.90 Å². The molecule has 2 aromatic heterocycles. The molecule has 1 aliphatic carbocycles. The van der Waals surface area contributed by atoms with Crippen molar-refractivity contribution >= 4 is 5.91 Å². The Morgan fingerprint density at radius 1 is 0.838 bits per heavy atom. The molecule has 0 unspecified atom stereocenters. The highest BCUT2D eigenvalue weighted by molar-refractivity contribution is 5.88. The van der Waals surface area contributed by atoms with Gasteiger partial charge in [0.05, 0.1) is 0 Å². The Bertz CT molecular complexity index is 1250. The number of carbonyl (C=O) groups is 1. The molecule has 0 spiro atoms. The number of hydrogen-bond donors (Lipinski definition) is 0. The van der Waals surface area contributed by atoms with Crippen molar-refractivity contribution < 1.29 is 22.4 Å². The third-order valence-corrected chi connectivity index (χ3v) is 7.28. The number of amides is 1. The Hall–Kier alpha value is -3.37. The molecule has 2 aliphatic rings. The number of rotatable bonds is 6. The molecule has 3 heterocycles. The fraction of sp³-hybridized carbons (Fsp3) is 0.370. The average Bonchev–Trinajstić information content (AvgIpc) is 3.23. The maximum atomic E-state index is 14.0. The molecule has 0 N–H and O–H groups in total. The van der Waals surface area contributed by atoms with Gasteiger partial charge in [0, 0.05) is 59.2 Å². The van der Waals surface area contributed by atoms with E-state index in [1.807, 2.05) is 24.3 Å². The number of fused-ring (bicyclic) bond motifs is 1. The zero-order chi connectivity index (χ0) is 26.2. The summed E-state index contributed by atoms with van der Waals surface area (Å²) in [5.74, 6) is -3.67. The van der Waals surface area contributed by atoms with Gasteiger partial charge in [-0.05, 0) is 46.5 Å². The average molecular weight is 514 g/mol. The molecule has 1 aromatic carbocycles. The highest BCUT2D eigenvalue weighted by Gasteiger charge is 2.50. The van der Waals surface area contributed by atoms with Crippen LogP contribution in [0.4, 0.5) is 17.6 Å². The normalized spacial score (nSPS) is 17.5. The first-order valence-corrected chi connectivity index (χ1v) is 12.2. The maximum Gasteiger partial charge on any atom is 0.243 e. The molecule has 0 radical (unpaired) electrons. The smallest absolute Gasteiger partial charge is 0.243 e. The van der Waals surface area contributed by atoms with Crippen LogP contribution in [0, 0.1) is 23.8 Å². The summed E-state index contributed by atoms with van der Waals surface area (Å²) >= 11 is 0. The first kappa shape index (κ1) is 25.3. The number of hydrogen-bond acceptors (Lipinski definition) is 5. The van der Waals surface area contributed by atoms with Crippen molar-refractivity contribution in [3.05, 3.63) is 94.6 Å². The van der Waals surface area contributed by atoms with Crippen LogP contribution in [0.5, 0.6) is 0 Å². The van der Waals surface area contributed by atoms with Crippen LogP contribution in [0.15, 0.2) is 48.5 Å². The van der Waals surface area contributed by atoms with Gasteiger partial charge >= 0.3 is 0 Å². The number of pyridine rings is 2. The molecule has 1 aliphatic heterocycles. The van der Waals surface area contributed by atoms with E-state index in [-0.39, 0.29) is 12.5 Å². The Morgan fingerprint density at radius 2 is 1.32 bits per heavy atom. The van der Waals surface area contributed by atoms with Crippen LogP contribution in [-0.4, -0.2) is 69.3 Å². The Morgan fingerprint density at radius 3 is 1.84 bits per heavy atom. The van der Waals surface area contributed by atoms with Gasteiger partial charge in [0.1, 0.15) is 5.54 Å². The van der Waals surface area contributed by atoms with Crippen LogP contribution < -0.4 is 0 Å². The molecule has 0 bridgehead atoms. The Balaban J connectivity index is 1.34. The molecule has 10 heteroatoms. The summed E-state index contributed by atoms with van der Waals surface area (Å²) in [7, 11) is 1.64. The summed E-state index contributed by atoms with van der Waals surface area (Å²) in [5.41, 5.74) is 2.22. The van der Waals surface area contributed by atoms with Gasteiger partial charge in [-0.2, -0.15) is 27.5 Å². The lowest BCUT2D eigenvalue weighted by Gasteiger charge is -2.46.